The molecule has 162 valence electrons. The maximum absolute atomic E-state index is 12.8. The third kappa shape index (κ3) is 4.24. The first-order chi connectivity index (χ1) is 13.9. The van der Waals surface area contributed by atoms with Gasteiger partial charge >= 0.3 is 5.69 Å². The quantitative estimate of drug-likeness (QED) is 0.580. The molecule has 1 aromatic carbocycles. The summed E-state index contributed by atoms with van der Waals surface area (Å²) in [5, 5.41) is 12.9. The van der Waals surface area contributed by atoms with E-state index in [-0.39, 0.29) is 23.1 Å². The van der Waals surface area contributed by atoms with E-state index in [9.17, 15) is 14.7 Å². The van der Waals surface area contributed by atoms with Crippen LogP contribution in [0.25, 0.3) is 11.0 Å². The lowest BCUT2D eigenvalue weighted by Crippen LogP contribution is -2.47. The molecule has 3 rings (SSSR count). The van der Waals surface area contributed by atoms with Gasteiger partial charge in [-0.1, -0.05) is 32.6 Å². The van der Waals surface area contributed by atoms with Gasteiger partial charge in [0.2, 0.25) is 5.91 Å². The highest BCUT2D eigenvalue weighted by Gasteiger charge is 2.36. The van der Waals surface area contributed by atoms with Gasteiger partial charge in [-0.3, -0.25) is 13.9 Å². The average molecular weight is 430 g/mol. The van der Waals surface area contributed by atoms with Crippen molar-refractivity contribution in [1.82, 2.24) is 14.5 Å². The zero-order valence-corrected chi connectivity index (χ0v) is 19.6. The van der Waals surface area contributed by atoms with E-state index in [4.69, 9.17) is 4.43 Å². The topological polar surface area (TPSA) is 85.5 Å². The van der Waals surface area contributed by atoms with E-state index in [1.54, 1.807) is 16.2 Å². The fourth-order valence-electron chi connectivity index (χ4n) is 3.37. The summed E-state index contributed by atoms with van der Waals surface area (Å²) in [6.45, 7) is 11.4. The lowest BCUT2D eigenvalue weighted by molar-refractivity contribution is -0.128. The fraction of sp³-hybridized carbons (Fsp3) is 0.545. The van der Waals surface area contributed by atoms with Crippen LogP contribution in [0.1, 0.15) is 45.2 Å². The van der Waals surface area contributed by atoms with Gasteiger partial charge in [0.05, 0.1) is 23.7 Å². The van der Waals surface area contributed by atoms with Crippen molar-refractivity contribution in [3.05, 3.63) is 34.2 Å². The molecule has 0 bridgehead atoms. The monoisotopic (exact) mass is 429 g/mol. The zero-order valence-electron chi connectivity index (χ0n) is 18.6. The molecule has 1 aliphatic rings. The molecule has 8 heteroatoms. The summed E-state index contributed by atoms with van der Waals surface area (Å²) in [5.74, 6) is 6.01. The summed E-state index contributed by atoms with van der Waals surface area (Å²) >= 11 is 0. The van der Waals surface area contributed by atoms with Crippen LogP contribution < -0.4 is 11.0 Å². The highest BCUT2D eigenvalue weighted by Crippen LogP contribution is 2.36. The highest BCUT2D eigenvalue weighted by molar-refractivity contribution is 6.74. The highest BCUT2D eigenvalue weighted by atomic mass is 28.4. The van der Waals surface area contributed by atoms with Crippen LogP contribution in [0.5, 0.6) is 0 Å². The second-order valence-electron chi connectivity index (χ2n) is 9.38. The van der Waals surface area contributed by atoms with Crippen LogP contribution in [0.15, 0.2) is 23.0 Å². The van der Waals surface area contributed by atoms with Crippen molar-refractivity contribution >= 4 is 25.3 Å². The molecule has 2 atom stereocenters. The number of aliphatic hydroxyl groups excluding tert-OH is 1. The number of piperidine rings is 1. The minimum absolute atomic E-state index is 0.137. The van der Waals surface area contributed by atoms with Gasteiger partial charge in [0.1, 0.15) is 6.23 Å². The normalized spacial score (nSPS) is 20.0. The number of imidazole rings is 1. The van der Waals surface area contributed by atoms with E-state index in [1.165, 1.54) is 0 Å². The number of aliphatic hydroxyl groups is 1. The second kappa shape index (κ2) is 8.06. The minimum atomic E-state index is -1.84. The lowest BCUT2D eigenvalue weighted by atomic mass is 10.0. The van der Waals surface area contributed by atoms with Crippen LogP contribution in [0.3, 0.4) is 0 Å². The largest absolute Gasteiger partial charge is 0.406 e. The van der Waals surface area contributed by atoms with Crippen molar-refractivity contribution in [2.45, 2.75) is 64.0 Å². The molecule has 0 aliphatic carbocycles. The fourth-order valence-corrected chi connectivity index (χ4v) is 4.24. The summed E-state index contributed by atoms with van der Waals surface area (Å²) in [7, 11) is -0.134. The summed E-state index contributed by atoms with van der Waals surface area (Å²) < 4.78 is 9.21. The van der Waals surface area contributed by atoms with E-state index in [2.05, 4.69) is 51.0 Å². The van der Waals surface area contributed by atoms with Gasteiger partial charge in [-0.2, -0.15) is 0 Å². The molecule has 2 N–H and O–H groups in total. The summed E-state index contributed by atoms with van der Waals surface area (Å²) in [6.07, 6.45) is -0.387. The van der Waals surface area contributed by atoms with E-state index >= 15 is 0 Å². The first-order valence-corrected chi connectivity index (χ1v) is 13.1. The third-order valence-electron chi connectivity index (χ3n) is 6.31. The summed E-state index contributed by atoms with van der Waals surface area (Å²) in [4.78, 5) is 24.3. The number of benzene rings is 1. The number of fused-ring (bicyclic) bond motifs is 1. The standard InChI is InChI=1S/C22H31N3O4Si/c1-22(2,3)30(5,6)29-13-7-8-15-9-10-16-18(14-15)24(4)21(28)25(16)17-11-12-19(26)23-20(17)27/h9-10,14,17,20,27H,11-13H2,1-6H3,(H,23,26). The van der Waals surface area contributed by atoms with Gasteiger partial charge in [-0.05, 0) is 42.8 Å². The zero-order chi connectivity index (χ0) is 22.3. The van der Waals surface area contributed by atoms with Crippen LogP contribution in [-0.4, -0.2) is 41.3 Å². The molecule has 1 aliphatic heterocycles. The Morgan fingerprint density at radius 1 is 1.27 bits per heavy atom. The van der Waals surface area contributed by atoms with Crippen LogP contribution in [0, 0.1) is 11.8 Å². The molecule has 1 fully saturated rings. The van der Waals surface area contributed by atoms with Gasteiger partial charge < -0.3 is 14.8 Å². The molecule has 2 aromatic rings. The molecular weight excluding hydrogens is 398 g/mol. The number of hydrogen-bond acceptors (Lipinski definition) is 4. The van der Waals surface area contributed by atoms with Gasteiger partial charge in [-0.15, -0.1) is 0 Å². The Balaban J connectivity index is 1.86. The molecule has 7 nitrogen and oxygen atoms in total. The first-order valence-electron chi connectivity index (χ1n) is 10.2. The summed E-state index contributed by atoms with van der Waals surface area (Å²) in [5.41, 5.74) is 2.02. The molecule has 2 heterocycles. The van der Waals surface area contributed by atoms with Crippen LogP contribution >= 0.6 is 0 Å². The van der Waals surface area contributed by atoms with Crippen molar-refractivity contribution < 1.29 is 14.3 Å². The maximum atomic E-state index is 12.8. The number of carbonyl (C=O) groups is 1. The Morgan fingerprint density at radius 3 is 2.60 bits per heavy atom. The van der Waals surface area contributed by atoms with Gasteiger partial charge in [0, 0.05) is 19.0 Å². The second-order valence-corrected chi connectivity index (χ2v) is 14.2. The van der Waals surface area contributed by atoms with Gasteiger partial charge in [0.15, 0.2) is 8.32 Å². The Labute approximate surface area is 178 Å². The van der Waals surface area contributed by atoms with Crippen molar-refractivity contribution in [3.8, 4) is 11.8 Å². The smallest absolute Gasteiger partial charge is 0.329 e. The van der Waals surface area contributed by atoms with Crippen LogP contribution in [0.2, 0.25) is 18.1 Å². The Morgan fingerprint density at radius 2 is 1.97 bits per heavy atom. The predicted octanol–water partition coefficient (Wildman–Crippen LogP) is 2.48. The maximum Gasteiger partial charge on any atom is 0.329 e. The Kier molecular flexibility index (Phi) is 6.00. The minimum Gasteiger partial charge on any atom is -0.406 e. The van der Waals surface area contributed by atoms with Crippen molar-refractivity contribution in [3.63, 3.8) is 0 Å². The molecule has 1 aromatic heterocycles. The van der Waals surface area contributed by atoms with E-state index in [0.717, 1.165) is 11.1 Å². The molecule has 0 spiro atoms. The molecular formula is C22H31N3O4Si. The number of nitrogens with zero attached hydrogens (tertiary/aromatic N) is 2. The molecule has 0 radical (unpaired) electrons. The number of carbonyl (C=O) groups excluding carboxylic acids is 1. The number of aromatic nitrogens is 2. The van der Waals surface area contributed by atoms with Crippen molar-refractivity contribution in [2.75, 3.05) is 6.61 Å². The van der Waals surface area contributed by atoms with Crippen molar-refractivity contribution in [1.29, 1.82) is 0 Å². The molecule has 1 saturated heterocycles. The number of hydrogen-bond donors (Lipinski definition) is 2. The van der Waals surface area contributed by atoms with Gasteiger partial charge in [0.25, 0.3) is 0 Å². The van der Waals surface area contributed by atoms with Crippen LogP contribution in [0.4, 0.5) is 0 Å². The molecule has 2 unspecified atom stereocenters. The van der Waals surface area contributed by atoms with E-state index < -0.39 is 20.6 Å². The van der Waals surface area contributed by atoms with Crippen molar-refractivity contribution in [2.24, 2.45) is 7.05 Å². The summed E-state index contributed by atoms with van der Waals surface area (Å²) in [6, 6.07) is 5.10. The number of nitrogens with one attached hydrogen (secondary N) is 1. The number of amides is 1. The third-order valence-corrected chi connectivity index (χ3v) is 10.8. The molecule has 0 saturated carbocycles. The number of aryl methyl sites for hydroxylation is 1. The molecule has 1 amide bonds. The predicted molar refractivity (Wildman–Crippen MR) is 120 cm³/mol. The SMILES string of the molecule is Cn1c(=O)n(C2CCC(=O)NC2O)c2ccc(C#CCO[Si](C)(C)C(C)(C)C)cc21. The van der Waals surface area contributed by atoms with E-state index in [0.29, 0.717) is 18.5 Å². The van der Waals surface area contributed by atoms with Gasteiger partial charge in [-0.25, -0.2) is 4.79 Å². The lowest BCUT2D eigenvalue weighted by Gasteiger charge is -2.35. The van der Waals surface area contributed by atoms with Crippen LogP contribution in [-0.2, 0) is 16.3 Å². The average Bonchev–Trinajstić information content (AvgIpc) is 2.89. The molecule has 30 heavy (non-hydrogen) atoms. The number of rotatable bonds is 3. The van der Waals surface area contributed by atoms with E-state index in [1.807, 2.05) is 18.2 Å². The first kappa shape index (κ1) is 22.3. The Bertz CT molecular complexity index is 1080. The Hall–Kier alpha value is -2.34.